The molecule has 0 aliphatic rings. The third-order valence-electron chi connectivity index (χ3n) is 4.45. The van der Waals surface area contributed by atoms with Crippen LogP contribution in [0.1, 0.15) is 11.7 Å². The van der Waals surface area contributed by atoms with Crippen LogP contribution in [0.3, 0.4) is 0 Å². The van der Waals surface area contributed by atoms with Crippen molar-refractivity contribution in [3.8, 4) is 11.3 Å². The number of nitrogens with zero attached hydrogens (tertiary/aromatic N) is 2. The molecule has 4 nitrogen and oxygen atoms in total. The highest BCUT2D eigenvalue weighted by molar-refractivity contribution is 5.93. The Morgan fingerprint density at radius 2 is 1.38 bits per heavy atom. The molecule has 0 saturated heterocycles. The van der Waals surface area contributed by atoms with Gasteiger partial charge in [-0.05, 0) is 11.6 Å². The molecule has 4 rings (SSSR count). The van der Waals surface area contributed by atoms with Crippen LogP contribution in [0.5, 0.6) is 0 Å². The van der Waals surface area contributed by atoms with E-state index in [0.29, 0.717) is 5.39 Å². The molecule has 0 spiro atoms. The van der Waals surface area contributed by atoms with Crippen LogP contribution in [0.25, 0.3) is 22.0 Å². The number of aliphatic hydroxyl groups is 1. The summed E-state index contributed by atoms with van der Waals surface area (Å²) in [5.74, 6) is 0. The number of rotatable bonds is 4. The second-order valence-electron chi connectivity index (χ2n) is 6.17. The Morgan fingerprint density at radius 1 is 0.808 bits per heavy atom. The van der Waals surface area contributed by atoms with E-state index in [1.54, 1.807) is 6.07 Å². The Kier molecular flexibility index (Phi) is 4.33. The van der Waals surface area contributed by atoms with Crippen molar-refractivity contribution in [1.29, 1.82) is 0 Å². The van der Waals surface area contributed by atoms with Crippen molar-refractivity contribution in [2.45, 2.75) is 12.6 Å². The maximum atomic E-state index is 12.9. The Hall–Kier alpha value is -3.24. The second kappa shape index (κ2) is 6.94. The lowest BCUT2D eigenvalue weighted by Crippen LogP contribution is -2.26. The van der Waals surface area contributed by atoms with Gasteiger partial charge in [-0.25, -0.2) is 4.68 Å². The van der Waals surface area contributed by atoms with Gasteiger partial charge in [0.1, 0.15) is 0 Å². The summed E-state index contributed by atoms with van der Waals surface area (Å²) in [5.41, 5.74) is 2.23. The highest BCUT2D eigenvalue weighted by Gasteiger charge is 2.15. The van der Waals surface area contributed by atoms with Crippen molar-refractivity contribution in [1.82, 2.24) is 9.78 Å². The van der Waals surface area contributed by atoms with Gasteiger partial charge in [-0.3, -0.25) is 4.79 Å². The molecular formula is C22H18N2O2. The molecule has 3 aromatic carbocycles. The van der Waals surface area contributed by atoms with Gasteiger partial charge in [0, 0.05) is 10.9 Å². The molecular weight excluding hydrogens is 324 g/mol. The third kappa shape index (κ3) is 3.03. The SMILES string of the molecule is O=c1c2ccccc2c(-c2ccccc2)nn1C[C@H](O)c1ccccc1. The van der Waals surface area contributed by atoms with E-state index in [1.807, 2.05) is 78.9 Å². The van der Waals surface area contributed by atoms with E-state index >= 15 is 0 Å². The summed E-state index contributed by atoms with van der Waals surface area (Å²) in [7, 11) is 0. The van der Waals surface area contributed by atoms with Crippen LogP contribution in [0.15, 0.2) is 89.7 Å². The van der Waals surface area contributed by atoms with Gasteiger partial charge in [0.25, 0.3) is 5.56 Å². The van der Waals surface area contributed by atoms with Gasteiger partial charge >= 0.3 is 0 Å². The maximum Gasteiger partial charge on any atom is 0.274 e. The van der Waals surface area contributed by atoms with Crippen LogP contribution < -0.4 is 5.56 Å². The molecule has 128 valence electrons. The highest BCUT2D eigenvalue weighted by Crippen LogP contribution is 2.24. The monoisotopic (exact) mass is 342 g/mol. The summed E-state index contributed by atoms with van der Waals surface area (Å²) in [5, 5.41) is 16.5. The average Bonchev–Trinajstić information content (AvgIpc) is 2.71. The summed E-state index contributed by atoms with van der Waals surface area (Å²) in [4.78, 5) is 12.9. The summed E-state index contributed by atoms with van der Waals surface area (Å²) in [6.07, 6.45) is -0.800. The summed E-state index contributed by atoms with van der Waals surface area (Å²) in [6.45, 7) is 0.105. The first-order valence-corrected chi connectivity index (χ1v) is 8.52. The minimum absolute atomic E-state index is 0.105. The van der Waals surface area contributed by atoms with Crippen molar-refractivity contribution >= 4 is 10.8 Å². The molecule has 0 aliphatic heterocycles. The zero-order valence-electron chi connectivity index (χ0n) is 14.1. The smallest absolute Gasteiger partial charge is 0.274 e. The number of benzene rings is 3. The van der Waals surface area contributed by atoms with Crippen molar-refractivity contribution in [2.24, 2.45) is 0 Å². The fourth-order valence-electron chi connectivity index (χ4n) is 3.11. The Bertz CT molecular complexity index is 1090. The zero-order chi connectivity index (χ0) is 17.9. The first-order valence-electron chi connectivity index (χ1n) is 8.52. The number of aliphatic hydroxyl groups excluding tert-OH is 1. The van der Waals surface area contributed by atoms with Crippen LogP contribution in [-0.2, 0) is 6.54 Å². The van der Waals surface area contributed by atoms with Gasteiger partial charge in [-0.1, -0.05) is 78.9 Å². The molecule has 1 aromatic heterocycles. The van der Waals surface area contributed by atoms with E-state index in [9.17, 15) is 9.90 Å². The minimum Gasteiger partial charge on any atom is -0.386 e. The van der Waals surface area contributed by atoms with Crippen LogP contribution in [0.4, 0.5) is 0 Å². The van der Waals surface area contributed by atoms with E-state index < -0.39 is 6.10 Å². The molecule has 0 radical (unpaired) electrons. The number of aromatic nitrogens is 2. The topological polar surface area (TPSA) is 55.1 Å². The molecule has 0 unspecified atom stereocenters. The Morgan fingerprint density at radius 3 is 2.08 bits per heavy atom. The predicted octanol–water partition coefficient (Wildman–Crippen LogP) is 3.80. The standard InChI is InChI=1S/C22H18N2O2/c25-20(16-9-3-1-4-10-16)15-24-22(26)19-14-8-7-13-18(19)21(23-24)17-11-5-2-6-12-17/h1-14,20,25H,15H2/t20-/m0/s1. The van der Waals surface area contributed by atoms with Crippen LogP contribution in [0.2, 0.25) is 0 Å². The molecule has 0 fully saturated rings. The maximum absolute atomic E-state index is 12.9. The molecule has 4 heteroatoms. The lowest BCUT2D eigenvalue weighted by molar-refractivity contribution is 0.150. The largest absolute Gasteiger partial charge is 0.386 e. The van der Waals surface area contributed by atoms with Crippen molar-refractivity contribution in [2.75, 3.05) is 0 Å². The molecule has 1 heterocycles. The van der Waals surface area contributed by atoms with Crippen molar-refractivity contribution in [3.63, 3.8) is 0 Å². The second-order valence-corrected chi connectivity index (χ2v) is 6.17. The first-order chi connectivity index (χ1) is 12.7. The average molecular weight is 342 g/mol. The van der Waals surface area contributed by atoms with Gasteiger partial charge in [-0.2, -0.15) is 5.10 Å². The van der Waals surface area contributed by atoms with E-state index in [1.165, 1.54) is 4.68 Å². The van der Waals surface area contributed by atoms with Crippen LogP contribution >= 0.6 is 0 Å². The molecule has 1 atom stereocenters. The molecule has 0 bridgehead atoms. The fraction of sp³-hybridized carbons (Fsp3) is 0.0909. The lowest BCUT2D eigenvalue weighted by atomic mass is 10.0. The molecule has 1 N–H and O–H groups in total. The summed E-state index contributed by atoms with van der Waals surface area (Å²) in [6, 6.07) is 26.5. The Balaban J connectivity index is 1.85. The molecule has 0 aliphatic carbocycles. The van der Waals surface area contributed by atoms with E-state index in [-0.39, 0.29) is 12.1 Å². The Labute approximate surface area is 151 Å². The quantitative estimate of drug-likeness (QED) is 0.614. The number of hydrogen-bond donors (Lipinski definition) is 1. The highest BCUT2D eigenvalue weighted by atomic mass is 16.3. The number of hydrogen-bond acceptors (Lipinski definition) is 3. The molecule has 4 aromatic rings. The first kappa shape index (κ1) is 16.2. The van der Waals surface area contributed by atoms with Gasteiger partial charge in [0.05, 0.1) is 23.7 Å². The zero-order valence-corrected chi connectivity index (χ0v) is 14.1. The van der Waals surface area contributed by atoms with Crippen molar-refractivity contribution < 1.29 is 5.11 Å². The predicted molar refractivity (Wildman–Crippen MR) is 103 cm³/mol. The van der Waals surface area contributed by atoms with Crippen molar-refractivity contribution in [3.05, 3.63) is 101 Å². The number of fused-ring (bicyclic) bond motifs is 1. The van der Waals surface area contributed by atoms with E-state index in [2.05, 4.69) is 5.10 Å². The van der Waals surface area contributed by atoms with Gasteiger partial charge < -0.3 is 5.11 Å². The van der Waals surface area contributed by atoms with E-state index in [4.69, 9.17) is 0 Å². The van der Waals surface area contributed by atoms with Gasteiger partial charge in [0.15, 0.2) is 0 Å². The van der Waals surface area contributed by atoms with Gasteiger partial charge in [0.2, 0.25) is 0 Å². The van der Waals surface area contributed by atoms with Crippen LogP contribution in [0, 0.1) is 0 Å². The lowest BCUT2D eigenvalue weighted by Gasteiger charge is -2.15. The summed E-state index contributed by atoms with van der Waals surface area (Å²) >= 11 is 0. The third-order valence-corrected chi connectivity index (χ3v) is 4.45. The summed E-state index contributed by atoms with van der Waals surface area (Å²) < 4.78 is 1.36. The van der Waals surface area contributed by atoms with Crippen LogP contribution in [-0.4, -0.2) is 14.9 Å². The van der Waals surface area contributed by atoms with Gasteiger partial charge in [-0.15, -0.1) is 0 Å². The molecule has 26 heavy (non-hydrogen) atoms. The normalized spacial score (nSPS) is 12.2. The molecule has 0 saturated carbocycles. The minimum atomic E-state index is -0.800. The van der Waals surface area contributed by atoms with E-state index in [0.717, 1.165) is 22.2 Å². The fourth-order valence-corrected chi connectivity index (χ4v) is 3.11. The molecule has 0 amide bonds.